The monoisotopic (exact) mass is 406 g/mol. The largest absolute Gasteiger partial charge is 0.497 e. The van der Waals surface area contributed by atoms with Crippen LogP contribution in [0, 0.1) is 0 Å². The summed E-state index contributed by atoms with van der Waals surface area (Å²) in [6.07, 6.45) is 0.532. The van der Waals surface area contributed by atoms with Gasteiger partial charge in [0.15, 0.2) is 0 Å². The Morgan fingerprint density at radius 2 is 1.80 bits per heavy atom. The number of hydrazone groups is 1. The lowest BCUT2D eigenvalue weighted by atomic mass is 9.98. The summed E-state index contributed by atoms with van der Waals surface area (Å²) >= 11 is 0. The van der Waals surface area contributed by atoms with E-state index in [1.807, 2.05) is 54.6 Å². The van der Waals surface area contributed by atoms with Crippen LogP contribution in [0.25, 0.3) is 0 Å². The number of methoxy groups -OCH3 is 1. The molecule has 2 aliphatic heterocycles. The molecule has 8 heteroatoms. The first kappa shape index (κ1) is 19.6. The molecule has 1 fully saturated rings. The average Bonchev–Trinajstić information content (AvgIpc) is 3.32. The molecule has 0 bridgehead atoms. The van der Waals surface area contributed by atoms with Crippen LogP contribution >= 0.6 is 0 Å². The third kappa shape index (κ3) is 3.63. The lowest BCUT2D eigenvalue weighted by molar-refractivity contribution is -0.137. The average molecular weight is 406 g/mol. The summed E-state index contributed by atoms with van der Waals surface area (Å²) < 4.78 is 5.22. The van der Waals surface area contributed by atoms with Crippen molar-refractivity contribution < 1.29 is 19.1 Å². The number of hydrogen-bond acceptors (Lipinski definition) is 5. The van der Waals surface area contributed by atoms with Gasteiger partial charge in [-0.3, -0.25) is 14.5 Å². The van der Waals surface area contributed by atoms with E-state index in [0.717, 1.165) is 27.5 Å². The molecular formula is C22H22N4O4. The number of rotatable bonds is 5. The SMILES string of the molecule is COc1ccc([C@@H]2CC(c3ccccc3)=NN2C(=O)CN2C(=O)CN(C)C2=O)cc1. The van der Waals surface area contributed by atoms with E-state index in [4.69, 9.17) is 4.74 Å². The van der Waals surface area contributed by atoms with Gasteiger partial charge in [-0.05, 0) is 23.3 Å². The number of urea groups is 1. The van der Waals surface area contributed by atoms with Crippen LogP contribution in [0.3, 0.4) is 0 Å². The van der Waals surface area contributed by atoms with Crippen molar-refractivity contribution in [2.45, 2.75) is 12.5 Å². The lowest BCUT2D eigenvalue weighted by Crippen LogP contribution is -2.41. The molecule has 154 valence electrons. The van der Waals surface area contributed by atoms with Gasteiger partial charge in [-0.1, -0.05) is 42.5 Å². The first-order chi connectivity index (χ1) is 14.5. The Labute approximate surface area is 174 Å². The number of ether oxygens (including phenoxy) is 1. The number of amides is 4. The molecule has 0 saturated carbocycles. The molecule has 0 spiro atoms. The minimum atomic E-state index is -0.471. The third-order valence-electron chi connectivity index (χ3n) is 5.30. The summed E-state index contributed by atoms with van der Waals surface area (Å²) in [5.74, 6) is -0.0721. The van der Waals surface area contributed by atoms with Crippen molar-refractivity contribution in [3.05, 3.63) is 65.7 Å². The van der Waals surface area contributed by atoms with Crippen molar-refractivity contribution in [2.75, 3.05) is 27.2 Å². The van der Waals surface area contributed by atoms with Crippen molar-refractivity contribution in [2.24, 2.45) is 5.10 Å². The normalized spacial score (nSPS) is 18.8. The summed E-state index contributed by atoms with van der Waals surface area (Å²) in [6, 6.07) is 16.3. The predicted octanol–water partition coefficient (Wildman–Crippen LogP) is 2.27. The van der Waals surface area contributed by atoms with Crippen LogP contribution in [0.2, 0.25) is 0 Å². The van der Waals surface area contributed by atoms with E-state index in [2.05, 4.69) is 5.10 Å². The molecule has 0 N–H and O–H groups in total. The van der Waals surface area contributed by atoms with Gasteiger partial charge in [-0.25, -0.2) is 9.80 Å². The van der Waals surface area contributed by atoms with Crippen molar-refractivity contribution in [3.63, 3.8) is 0 Å². The molecule has 0 aliphatic carbocycles. The summed E-state index contributed by atoms with van der Waals surface area (Å²) in [7, 11) is 3.13. The Balaban J connectivity index is 1.62. The molecule has 0 aromatic heterocycles. The van der Waals surface area contributed by atoms with Gasteiger partial charge in [0, 0.05) is 13.5 Å². The van der Waals surface area contributed by atoms with E-state index < -0.39 is 11.9 Å². The van der Waals surface area contributed by atoms with E-state index in [0.29, 0.717) is 6.42 Å². The molecule has 1 saturated heterocycles. The Morgan fingerprint density at radius 3 is 2.40 bits per heavy atom. The molecular weight excluding hydrogens is 384 g/mol. The minimum absolute atomic E-state index is 0.0213. The number of imide groups is 1. The Morgan fingerprint density at radius 1 is 1.10 bits per heavy atom. The van der Waals surface area contributed by atoms with Gasteiger partial charge >= 0.3 is 6.03 Å². The number of likely N-dealkylation sites (N-methyl/N-ethyl adjacent to an activating group) is 1. The number of benzene rings is 2. The van der Waals surface area contributed by atoms with Crippen LogP contribution in [-0.2, 0) is 9.59 Å². The molecule has 0 unspecified atom stereocenters. The summed E-state index contributed by atoms with van der Waals surface area (Å²) in [5, 5.41) is 5.97. The zero-order valence-electron chi connectivity index (χ0n) is 16.8. The van der Waals surface area contributed by atoms with Crippen molar-refractivity contribution in [1.29, 1.82) is 0 Å². The van der Waals surface area contributed by atoms with E-state index in [1.54, 1.807) is 7.11 Å². The Kier molecular flexibility index (Phi) is 5.22. The van der Waals surface area contributed by atoms with E-state index >= 15 is 0 Å². The minimum Gasteiger partial charge on any atom is -0.497 e. The van der Waals surface area contributed by atoms with Gasteiger partial charge in [0.25, 0.3) is 11.8 Å². The molecule has 0 radical (unpaired) electrons. The quantitative estimate of drug-likeness (QED) is 0.714. The van der Waals surface area contributed by atoms with Gasteiger partial charge in [0.1, 0.15) is 18.8 Å². The maximum absolute atomic E-state index is 13.1. The highest BCUT2D eigenvalue weighted by Crippen LogP contribution is 2.33. The second-order valence-electron chi connectivity index (χ2n) is 7.26. The van der Waals surface area contributed by atoms with Crippen LogP contribution in [0.15, 0.2) is 59.7 Å². The number of nitrogens with zero attached hydrogens (tertiary/aromatic N) is 4. The summed E-state index contributed by atoms with van der Waals surface area (Å²) in [6.45, 7) is -0.354. The van der Waals surface area contributed by atoms with Gasteiger partial charge in [0.05, 0.1) is 18.9 Å². The fourth-order valence-electron chi connectivity index (χ4n) is 3.66. The van der Waals surface area contributed by atoms with Crippen molar-refractivity contribution >= 4 is 23.6 Å². The smallest absolute Gasteiger partial charge is 0.327 e. The molecule has 4 rings (SSSR count). The van der Waals surface area contributed by atoms with Crippen LogP contribution in [-0.4, -0.2) is 65.6 Å². The maximum Gasteiger partial charge on any atom is 0.327 e. The first-order valence-corrected chi connectivity index (χ1v) is 9.62. The Hall–Kier alpha value is -3.68. The fraction of sp³-hybridized carbons (Fsp3) is 0.273. The predicted molar refractivity (Wildman–Crippen MR) is 110 cm³/mol. The second-order valence-corrected chi connectivity index (χ2v) is 7.26. The molecule has 2 heterocycles. The molecule has 1 atom stereocenters. The second kappa shape index (κ2) is 7.98. The highest BCUT2D eigenvalue weighted by Gasteiger charge is 2.39. The van der Waals surface area contributed by atoms with Crippen LogP contribution in [0.5, 0.6) is 5.75 Å². The van der Waals surface area contributed by atoms with E-state index in [1.165, 1.54) is 17.0 Å². The zero-order valence-corrected chi connectivity index (χ0v) is 16.8. The van der Waals surface area contributed by atoms with Gasteiger partial charge in [0.2, 0.25) is 0 Å². The van der Waals surface area contributed by atoms with Gasteiger partial charge in [-0.2, -0.15) is 5.10 Å². The number of carbonyl (C=O) groups is 3. The number of carbonyl (C=O) groups excluding carboxylic acids is 3. The third-order valence-corrected chi connectivity index (χ3v) is 5.30. The van der Waals surface area contributed by atoms with Crippen LogP contribution in [0.4, 0.5) is 4.79 Å². The molecule has 30 heavy (non-hydrogen) atoms. The van der Waals surface area contributed by atoms with Crippen LogP contribution in [0.1, 0.15) is 23.6 Å². The standard InChI is InChI=1S/C22H22N4O4/c1-24-13-20(27)25(22(24)29)14-21(28)26-19(16-8-10-17(30-2)11-9-16)12-18(23-26)15-6-4-3-5-7-15/h3-11,19H,12-14H2,1-2H3/t19-/m0/s1. The zero-order chi connectivity index (χ0) is 21.3. The Bertz CT molecular complexity index is 1000. The van der Waals surface area contributed by atoms with Crippen molar-refractivity contribution in [1.82, 2.24) is 14.8 Å². The van der Waals surface area contributed by atoms with Gasteiger partial charge in [-0.15, -0.1) is 0 Å². The van der Waals surface area contributed by atoms with Crippen LogP contribution < -0.4 is 4.74 Å². The molecule has 2 aliphatic rings. The molecule has 2 aromatic carbocycles. The molecule has 4 amide bonds. The molecule has 8 nitrogen and oxygen atoms in total. The summed E-state index contributed by atoms with van der Waals surface area (Å²) in [4.78, 5) is 39.7. The summed E-state index contributed by atoms with van der Waals surface area (Å²) in [5.41, 5.74) is 2.61. The highest BCUT2D eigenvalue weighted by atomic mass is 16.5. The first-order valence-electron chi connectivity index (χ1n) is 9.62. The van der Waals surface area contributed by atoms with Gasteiger partial charge < -0.3 is 9.64 Å². The van der Waals surface area contributed by atoms with E-state index in [9.17, 15) is 14.4 Å². The lowest BCUT2D eigenvalue weighted by Gasteiger charge is -2.24. The molecule has 2 aromatic rings. The number of hydrogen-bond donors (Lipinski definition) is 0. The van der Waals surface area contributed by atoms with Crippen molar-refractivity contribution in [3.8, 4) is 5.75 Å². The van der Waals surface area contributed by atoms with E-state index in [-0.39, 0.29) is 25.0 Å². The highest BCUT2D eigenvalue weighted by molar-refractivity contribution is 6.06. The fourth-order valence-corrected chi connectivity index (χ4v) is 3.66. The maximum atomic E-state index is 13.1. The topological polar surface area (TPSA) is 82.5 Å².